The van der Waals surface area contributed by atoms with E-state index in [4.69, 9.17) is 0 Å². The second-order valence-corrected chi connectivity index (χ2v) is 11.6. The summed E-state index contributed by atoms with van der Waals surface area (Å²) >= 11 is 0. The lowest BCUT2D eigenvalue weighted by molar-refractivity contribution is -0.122. The van der Waals surface area contributed by atoms with Crippen molar-refractivity contribution in [3.63, 3.8) is 0 Å². The molecule has 2 saturated carbocycles. The Labute approximate surface area is 185 Å². The SMILES string of the molecule is C[C@@H]1CCCC[C@@H]1NC(=O)CN(C)S(=O)(=O)c1ccc2c(c1)C[C@H](C)N2C(=O)C1CC1. The topological polar surface area (TPSA) is 86.8 Å². The van der Waals surface area contributed by atoms with E-state index in [0.29, 0.717) is 12.3 Å². The van der Waals surface area contributed by atoms with Gasteiger partial charge in [0.25, 0.3) is 0 Å². The Kier molecular flexibility index (Phi) is 6.14. The number of rotatable bonds is 6. The molecule has 1 aromatic rings. The summed E-state index contributed by atoms with van der Waals surface area (Å²) in [5.41, 5.74) is 1.69. The summed E-state index contributed by atoms with van der Waals surface area (Å²) in [5, 5.41) is 3.02. The molecule has 0 saturated heterocycles. The highest BCUT2D eigenvalue weighted by molar-refractivity contribution is 7.89. The number of anilines is 1. The van der Waals surface area contributed by atoms with Crippen LogP contribution in [0.15, 0.2) is 23.1 Å². The summed E-state index contributed by atoms with van der Waals surface area (Å²) in [6.45, 7) is 3.93. The molecule has 1 aliphatic heterocycles. The molecule has 7 nitrogen and oxygen atoms in total. The van der Waals surface area contributed by atoms with Gasteiger partial charge in [0, 0.05) is 30.7 Å². The van der Waals surface area contributed by atoms with Gasteiger partial charge in [0.1, 0.15) is 0 Å². The van der Waals surface area contributed by atoms with Crippen LogP contribution in [0.4, 0.5) is 5.69 Å². The third-order valence-corrected chi connectivity index (χ3v) is 8.76. The Hall–Kier alpha value is -1.93. The molecule has 3 atom stereocenters. The number of carbonyl (C=O) groups excluding carboxylic acids is 2. The second-order valence-electron chi connectivity index (χ2n) is 9.52. The summed E-state index contributed by atoms with van der Waals surface area (Å²) in [6, 6.07) is 5.11. The van der Waals surface area contributed by atoms with Crippen LogP contribution in [0.25, 0.3) is 0 Å². The van der Waals surface area contributed by atoms with Gasteiger partial charge in [-0.25, -0.2) is 8.42 Å². The van der Waals surface area contributed by atoms with Crippen LogP contribution in [0.5, 0.6) is 0 Å². The fourth-order valence-corrected chi connectivity index (χ4v) is 6.06. The molecule has 3 aliphatic rings. The van der Waals surface area contributed by atoms with Crippen LogP contribution in [0.3, 0.4) is 0 Å². The molecular formula is C23H33N3O4S. The summed E-state index contributed by atoms with van der Waals surface area (Å²) in [5.74, 6) is 0.418. The number of hydrogen-bond donors (Lipinski definition) is 1. The first-order chi connectivity index (χ1) is 14.7. The zero-order chi connectivity index (χ0) is 22.3. The van der Waals surface area contributed by atoms with Crippen molar-refractivity contribution in [2.45, 2.75) is 75.8 Å². The van der Waals surface area contributed by atoms with E-state index in [9.17, 15) is 18.0 Å². The van der Waals surface area contributed by atoms with Crippen molar-refractivity contribution in [3.05, 3.63) is 23.8 Å². The predicted octanol–water partition coefficient (Wildman–Crippen LogP) is 2.69. The molecule has 170 valence electrons. The molecule has 0 unspecified atom stereocenters. The van der Waals surface area contributed by atoms with Gasteiger partial charge in [-0.1, -0.05) is 19.8 Å². The number of hydrogen-bond acceptors (Lipinski definition) is 4. The number of nitrogens with zero attached hydrogens (tertiary/aromatic N) is 2. The van der Waals surface area contributed by atoms with E-state index >= 15 is 0 Å². The van der Waals surface area contributed by atoms with E-state index in [0.717, 1.165) is 47.7 Å². The van der Waals surface area contributed by atoms with Crippen LogP contribution in [0.1, 0.15) is 57.9 Å². The Morgan fingerprint density at radius 1 is 1.13 bits per heavy atom. The van der Waals surface area contributed by atoms with Gasteiger partial charge in [-0.2, -0.15) is 4.31 Å². The van der Waals surface area contributed by atoms with E-state index in [1.165, 1.54) is 13.5 Å². The van der Waals surface area contributed by atoms with Crippen LogP contribution in [0, 0.1) is 11.8 Å². The predicted molar refractivity (Wildman–Crippen MR) is 119 cm³/mol. The van der Waals surface area contributed by atoms with Gasteiger partial charge in [-0.15, -0.1) is 0 Å². The highest BCUT2D eigenvalue weighted by Gasteiger charge is 2.40. The summed E-state index contributed by atoms with van der Waals surface area (Å²) in [6.07, 6.45) is 6.84. The van der Waals surface area contributed by atoms with E-state index in [1.807, 2.05) is 11.8 Å². The average molecular weight is 448 g/mol. The van der Waals surface area contributed by atoms with Crippen LogP contribution in [-0.2, 0) is 26.0 Å². The highest BCUT2D eigenvalue weighted by atomic mass is 32.2. The van der Waals surface area contributed by atoms with Gasteiger partial charge in [0.2, 0.25) is 21.8 Å². The molecule has 1 heterocycles. The molecule has 2 fully saturated rings. The average Bonchev–Trinajstić information content (AvgIpc) is 3.51. The van der Waals surface area contributed by atoms with Crippen molar-refractivity contribution in [3.8, 4) is 0 Å². The Morgan fingerprint density at radius 3 is 2.52 bits per heavy atom. The standard InChI is InChI=1S/C23H33N3O4S/c1-15-6-4-5-7-20(15)24-22(27)14-25(3)31(29,30)19-10-11-21-18(13-19)12-16(2)26(21)23(28)17-8-9-17/h10-11,13,15-17,20H,4-9,12,14H2,1-3H3,(H,24,27)/t15-,16+,20+/m1/s1. The number of benzene rings is 1. The first kappa shape index (κ1) is 22.3. The van der Waals surface area contributed by atoms with Crippen molar-refractivity contribution in [1.29, 1.82) is 0 Å². The summed E-state index contributed by atoms with van der Waals surface area (Å²) in [4.78, 5) is 27.1. The number of fused-ring (bicyclic) bond motifs is 1. The van der Waals surface area contributed by atoms with Crippen molar-refractivity contribution in [2.24, 2.45) is 11.8 Å². The van der Waals surface area contributed by atoms with Crippen molar-refractivity contribution < 1.29 is 18.0 Å². The highest BCUT2D eigenvalue weighted by Crippen LogP contribution is 2.39. The molecule has 1 aromatic carbocycles. The van der Waals surface area contributed by atoms with Crippen molar-refractivity contribution in [1.82, 2.24) is 9.62 Å². The second kappa shape index (κ2) is 8.54. The monoisotopic (exact) mass is 447 g/mol. The molecule has 2 amide bonds. The maximum Gasteiger partial charge on any atom is 0.243 e. The van der Waals surface area contributed by atoms with Crippen molar-refractivity contribution in [2.75, 3.05) is 18.5 Å². The molecule has 0 aromatic heterocycles. The molecular weight excluding hydrogens is 414 g/mol. The van der Waals surface area contributed by atoms with Gasteiger partial charge in [0.05, 0.1) is 11.4 Å². The lowest BCUT2D eigenvalue weighted by atomic mass is 9.86. The largest absolute Gasteiger partial charge is 0.352 e. The van der Waals surface area contributed by atoms with Gasteiger partial charge >= 0.3 is 0 Å². The Bertz CT molecular complexity index is 973. The van der Waals surface area contributed by atoms with E-state index in [2.05, 4.69) is 12.2 Å². The van der Waals surface area contributed by atoms with Crippen LogP contribution < -0.4 is 10.2 Å². The Morgan fingerprint density at radius 2 is 1.84 bits per heavy atom. The summed E-state index contributed by atoms with van der Waals surface area (Å²) in [7, 11) is -2.36. The first-order valence-corrected chi connectivity index (χ1v) is 12.8. The quantitative estimate of drug-likeness (QED) is 0.726. The zero-order valence-corrected chi connectivity index (χ0v) is 19.5. The molecule has 0 spiro atoms. The minimum Gasteiger partial charge on any atom is -0.352 e. The van der Waals surface area contributed by atoms with E-state index in [-0.39, 0.29) is 41.3 Å². The lowest BCUT2D eigenvalue weighted by Gasteiger charge is -2.30. The van der Waals surface area contributed by atoms with Crippen molar-refractivity contribution >= 4 is 27.5 Å². The Balaban J connectivity index is 1.45. The molecule has 31 heavy (non-hydrogen) atoms. The number of carbonyl (C=O) groups is 2. The summed E-state index contributed by atoms with van der Waals surface area (Å²) < 4.78 is 27.3. The van der Waals surface area contributed by atoms with Crippen LogP contribution in [-0.4, -0.2) is 50.2 Å². The number of amides is 2. The lowest BCUT2D eigenvalue weighted by Crippen LogP contribution is -2.46. The van der Waals surface area contributed by atoms with Crippen LogP contribution >= 0.6 is 0 Å². The third kappa shape index (κ3) is 4.51. The van der Waals surface area contributed by atoms with E-state index < -0.39 is 10.0 Å². The first-order valence-electron chi connectivity index (χ1n) is 11.4. The van der Waals surface area contributed by atoms with Gasteiger partial charge in [0.15, 0.2) is 0 Å². The number of sulfonamides is 1. The molecule has 2 aliphatic carbocycles. The molecule has 0 bridgehead atoms. The molecule has 4 rings (SSSR count). The maximum absolute atomic E-state index is 13.1. The molecule has 1 N–H and O–H groups in total. The fraction of sp³-hybridized carbons (Fsp3) is 0.652. The van der Waals surface area contributed by atoms with Gasteiger partial charge in [-0.05, 0) is 68.7 Å². The normalized spacial score (nSPS) is 26.1. The minimum absolute atomic E-state index is 0.0297. The fourth-order valence-electron chi connectivity index (χ4n) is 4.88. The third-order valence-electron chi connectivity index (χ3n) is 6.96. The van der Waals surface area contributed by atoms with Crippen LogP contribution in [0.2, 0.25) is 0 Å². The van der Waals surface area contributed by atoms with Gasteiger partial charge < -0.3 is 10.2 Å². The molecule has 8 heteroatoms. The zero-order valence-electron chi connectivity index (χ0n) is 18.6. The smallest absolute Gasteiger partial charge is 0.243 e. The molecule has 0 radical (unpaired) electrons. The van der Waals surface area contributed by atoms with E-state index in [1.54, 1.807) is 18.2 Å². The van der Waals surface area contributed by atoms with Gasteiger partial charge in [-0.3, -0.25) is 9.59 Å². The minimum atomic E-state index is -3.80. The number of likely N-dealkylation sites (N-methyl/N-ethyl adjacent to an activating group) is 1. The number of nitrogens with one attached hydrogen (secondary N) is 1. The maximum atomic E-state index is 13.1.